The molecule has 1 atom stereocenters. The minimum atomic E-state index is -4.55. The highest BCUT2D eigenvalue weighted by Gasteiger charge is 2.32. The van der Waals surface area contributed by atoms with E-state index in [-0.39, 0.29) is 11.1 Å². The first-order valence-corrected chi connectivity index (χ1v) is 9.56. The molecule has 0 fully saturated rings. The van der Waals surface area contributed by atoms with E-state index < -0.39 is 17.7 Å². The maximum Gasteiger partial charge on any atom is 0.416 e. The van der Waals surface area contributed by atoms with Crippen molar-refractivity contribution in [3.05, 3.63) is 89.0 Å². The van der Waals surface area contributed by atoms with Crippen LogP contribution in [0.1, 0.15) is 27.0 Å². The summed E-state index contributed by atoms with van der Waals surface area (Å²) in [4.78, 5) is 11.5. The second kappa shape index (κ2) is 7.86. The molecule has 0 unspecified atom stereocenters. The van der Waals surface area contributed by atoms with Crippen LogP contribution in [-0.2, 0) is 19.0 Å². The van der Waals surface area contributed by atoms with E-state index in [2.05, 4.69) is 12.1 Å². The quantitative estimate of drug-likeness (QED) is 0.584. The van der Waals surface area contributed by atoms with E-state index in [1.807, 2.05) is 24.3 Å². The van der Waals surface area contributed by atoms with E-state index in [0.717, 1.165) is 36.6 Å². The summed E-state index contributed by atoms with van der Waals surface area (Å²) in [6.45, 7) is 0.500. The summed E-state index contributed by atoms with van der Waals surface area (Å²) in [7, 11) is 0. The molecule has 3 aromatic rings. The number of fused-ring (bicyclic) bond motifs is 1. The minimum Gasteiger partial charge on any atom is -0.493 e. The first-order chi connectivity index (χ1) is 14.3. The summed E-state index contributed by atoms with van der Waals surface area (Å²) < 4.78 is 45.3. The van der Waals surface area contributed by atoms with Crippen LogP contribution in [0, 0.1) is 5.92 Å². The zero-order valence-corrected chi connectivity index (χ0v) is 15.9. The van der Waals surface area contributed by atoms with Gasteiger partial charge in [-0.15, -0.1) is 0 Å². The van der Waals surface area contributed by atoms with Crippen LogP contribution in [-0.4, -0.2) is 17.7 Å². The number of ether oxygens (including phenoxy) is 1. The molecule has 3 nitrogen and oxygen atoms in total. The zero-order chi connectivity index (χ0) is 21.3. The van der Waals surface area contributed by atoms with Crippen molar-refractivity contribution >= 4 is 5.97 Å². The number of aromatic carboxylic acids is 1. The molecule has 0 bridgehead atoms. The highest BCUT2D eigenvalue weighted by Crippen LogP contribution is 2.37. The molecule has 0 aromatic heterocycles. The highest BCUT2D eigenvalue weighted by molar-refractivity contribution is 5.96. The van der Waals surface area contributed by atoms with Crippen molar-refractivity contribution in [2.45, 2.75) is 19.0 Å². The molecule has 1 N–H and O–H groups in total. The molecule has 0 aliphatic carbocycles. The first-order valence-electron chi connectivity index (χ1n) is 9.56. The Morgan fingerprint density at radius 1 is 1.03 bits per heavy atom. The summed E-state index contributed by atoms with van der Waals surface area (Å²) in [5, 5.41) is 9.42. The smallest absolute Gasteiger partial charge is 0.416 e. The Hall–Kier alpha value is -3.28. The summed E-state index contributed by atoms with van der Waals surface area (Å²) in [6, 6.07) is 17.9. The normalized spacial score (nSPS) is 15.9. The van der Waals surface area contributed by atoms with Crippen molar-refractivity contribution in [1.82, 2.24) is 0 Å². The van der Waals surface area contributed by atoms with Crippen LogP contribution in [0.3, 0.4) is 0 Å². The lowest BCUT2D eigenvalue weighted by Crippen LogP contribution is -2.22. The Bertz CT molecular complexity index is 1070. The van der Waals surface area contributed by atoms with Gasteiger partial charge in [0.15, 0.2) is 0 Å². The highest BCUT2D eigenvalue weighted by atomic mass is 19.4. The van der Waals surface area contributed by atoms with Gasteiger partial charge in [0.25, 0.3) is 0 Å². The summed E-state index contributed by atoms with van der Waals surface area (Å²) >= 11 is 0. The van der Waals surface area contributed by atoms with E-state index in [1.165, 1.54) is 5.56 Å². The molecule has 154 valence electrons. The molecule has 30 heavy (non-hydrogen) atoms. The number of carboxylic acids is 1. The van der Waals surface area contributed by atoms with Crippen molar-refractivity contribution in [1.29, 1.82) is 0 Å². The largest absolute Gasteiger partial charge is 0.493 e. The van der Waals surface area contributed by atoms with Crippen LogP contribution in [0.15, 0.2) is 66.7 Å². The maximum atomic E-state index is 13.1. The number of carbonyl (C=O) groups is 1. The van der Waals surface area contributed by atoms with E-state index in [1.54, 1.807) is 12.1 Å². The molecule has 0 spiro atoms. The second-order valence-electron chi connectivity index (χ2n) is 7.46. The van der Waals surface area contributed by atoms with Crippen LogP contribution in [0.5, 0.6) is 5.75 Å². The van der Waals surface area contributed by atoms with E-state index in [9.17, 15) is 23.1 Å². The number of carboxylic acid groups (broad SMARTS) is 1. The topological polar surface area (TPSA) is 46.5 Å². The molecule has 0 radical (unpaired) electrons. The Labute approximate surface area is 171 Å². The van der Waals surface area contributed by atoms with Gasteiger partial charge in [0.05, 0.1) is 17.7 Å². The Kier molecular flexibility index (Phi) is 5.24. The second-order valence-corrected chi connectivity index (χ2v) is 7.46. The van der Waals surface area contributed by atoms with Crippen LogP contribution in [0.4, 0.5) is 13.2 Å². The van der Waals surface area contributed by atoms with Gasteiger partial charge in [-0.05, 0) is 59.4 Å². The number of alkyl halides is 3. The van der Waals surface area contributed by atoms with Gasteiger partial charge in [0, 0.05) is 5.92 Å². The summed E-state index contributed by atoms with van der Waals surface area (Å²) in [5.41, 5.74) is 1.54. The third kappa shape index (κ3) is 4.17. The SMILES string of the molecule is O=C(O)c1ccc(C(F)(F)F)cc1-c1ccc2c(c1)OC[C@H](Cc1ccccc1)C2. The molecule has 0 saturated carbocycles. The van der Waals surface area contributed by atoms with Gasteiger partial charge < -0.3 is 9.84 Å². The third-order valence-corrected chi connectivity index (χ3v) is 5.31. The average molecular weight is 412 g/mol. The number of halogens is 3. The van der Waals surface area contributed by atoms with Gasteiger partial charge in [-0.2, -0.15) is 13.2 Å². The van der Waals surface area contributed by atoms with Crippen molar-refractivity contribution in [2.24, 2.45) is 5.92 Å². The Balaban J connectivity index is 1.63. The fourth-order valence-electron chi connectivity index (χ4n) is 3.83. The predicted molar refractivity (Wildman–Crippen MR) is 107 cm³/mol. The molecular formula is C24H19F3O3. The predicted octanol–water partition coefficient (Wildman–Crippen LogP) is 5.86. The van der Waals surface area contributed by atoms with E-state index in [4.69, 9.17) is 4.74 Å². The summed E-state index contributed by atoms with van der Waals surface area (Å²) in [6.07, 6.45) is -2.89. The third-order valence-electron chi connectivity index (χ3n) is 5.31. The zero-order valence-electron chi connectivity index (χ0n) is 15.9. The standard InChI is InChI=1S/C24H19F3O3/c25-24(26,27)19-8-9-20(23(28)29)21(13-19)17-6-7-18-11-16(14-30-22(18)12-17)10-15-4-2-1-3-5-15/h1-9,12-13,16H,10-11,14H2,(H,28,29)/t16-/m1/s1. The molecule has 6 heteroatoms. The van der Waals surface area contributed by atoms with Gasteiger partial charge in [-0.25, -0.2) is 4.79 Å². The fraction of sp³-hybridized carbons (Fsp3) is 0.208. The molecule has 0 amide bonds. The van der Waals surface area contributed by atoms with Crippen molar-refractivity contribution < 1.29 is 27.8 Å². The van der Waals surface area contributed by atoms with Crippen molar-refractivity contribution in [3.8, 4) is 16.9 Å². The summed E-state index contributed by atoms with van der Waals surface area (Å²) in [5.74, 6) is -0.389. The monoisotopic (exact) mass is 412 g/mol. The van der Waals surface area contributed by atoms with Gasteiger partial charge in [-0.3, -0.25) is 0 Å². The van der Waals surface area contributed by atoms with Gasteiger partial charge in [-0.1, -0.05) is 42.5 Å². The van der Waals surface area contributed by atoms with Gasteiger partial charge >= 0.3 is 12.1 Å². The van der Waals surface area contributed by atoms with E-state index in [0.29, 0.717) is 23.8 Å². The van der Waals surface area contributed by atoms with Crippen LogP contribution in [0.2, 0.25) is 0 Å². The minimum absolute atomic E-state index is 0.0233. The molecule has 1 heterocycles. The van der Waals surface area contributed by atoms with Crippen LogP contribution in [0.25, 0.3) is 11.1 Å². The van der Waals surface area contributed by atoms with Crippen LogP contribution >= 0.6 is 0 Å². The number of hydrogen-bond acceptors (Lipinski definition) is 2. The van der Waals surface area contributed by atoms with Crippen LogP contribution < -0.4 is 4.74 Å². The van der Waals surface area contributed by atoms with Gasteiger partial charge in [0.2, 0.25) is 0 Å². The molecule has 1 aliphatic rings. The van der Waals surface area contributed by atoms with Crippen molar-refractivity contribution in [3.63, 3.8) is 0 Å². The number of benzene rings is 3. The van der Waals surface area contributed by atoms with E-state index >= 15 is 0 Å². The number of hydrogen-bond donors (Lipinski definition) is 1. The first kappa shape index (κ1) is 20.0. The van der Waals surface area contributed by atoms with Gasteiger partial charge in [0.1, 0.15) is 5.75 Å². The molecule has 1 aliphatic heterocycles. The lowest BCUT2D eigenvalue weighted by atomic mass is 9.89. The average Bonchev–Trinajstić information content (AvgIpc) is 2.73. The Morgan fingerprint density at radius 3 is 2.50 bits per heavy atom. The molecule has 3 aromatic carbocycles. The maximum absolute atomic E-state index is 13.1. The Morgan fingerprint density at radius 2 is 1.80 bits per heavy atom. The molecule has 0 saturated heterocycles. The molecular weight excluding hydrogens is 393 g/mol. The fourth-order valence-corrected chi connectivity index (χ4v) is 3.83. The lowest BCUT2D eigenvalue weighted by Gasteiger charge is -2.26. The molecule has 4 rings (SSSR count). The van der Waals surface area contributed by atoms with Crippen molar-refractivity contribution in [2.75, 3.05) is 6.61 Å². The lowest BCUT2D eigenvalue weighted by molar-refractivity contribution is -0.137. The number of rotatable bonds is 4.